The number of oxime groups is 1. The molecule has 1 N–H and O–H groups in total. The van der Waals surface area contributed by atoms with Crippen LogP contribution in [0.3, 0.4) is 0 Å². The maximum atomic E-state index is 13.2. The van der Waals surface area contributed by atoms with Crippen LogP contribution < -0.4 is 0 Å². The Bertz CT molecular complexity index is 385. The molecule has 0 aromatic heterocycles. The first kappa shape index (κ1) is 14.1. The lowest BCUT2D eigenvalue weighted by molar-refractivity contribution is 0.0121. The lowest BCUT2D eigenvalue weighted by atomic mass is 10.2. The van der Waals surface area contributed by atoms with Gasteiger partial charge in [0.2, 0.25) is 0 Å². The zero-order chi connectivity index (χ0) is 12.7. The van der Waals surface area contributed by atoms with Crippen LogP contribution in [0.4, 0.5) is 4.39 Å². The third-order valence-corrected chi connectivity index (χ3v) is 2.81. The largest absolute Gasteiger partial charge is 0.392 e. The van der Waals surface area contributed by atoms with Crippen molar-refractivity contribution >= 4 is 22.1 Å². The topological polar surface area (TPSA) is 41.8 Å². The second-order valence-corrected chi connectivity index (χ2v) is 4.46. The minimum Gasteiger partial charge on any atom is -0.392 e. The number of hydrogen-bond donors (Lipinski definition) is 1. The summed E-state index contributed by atoms with van der Waals surface area (Å²) in [5.41, 5.74) is 0.610. The number of benzene rings is 1. The SMILES string of the molecule is CCCC(CO)O/N=C/c1ccc(Br)c(F)c1. The lowest BCUT2D eigenvalue weighted by Gasteiger charge is -2.09. The molecular weight excluding hydrogens is 289 g/mol. The maximum absolute atomic E-state index is 13.2. The van der Waals surface area contributed by atoms with Crippen molar-refractivity contribution in [2.45, 2.75) is 25.9 Å². The molecule has 3 nitrogen and oxygen atoms in total. The molecule has 0 spiro atoms. The van der Waals surface area contributed by atoms with Crippen LogP contribution in [-0.4, -0.2) is 24.0 Å². The van der Waals surface area contributed by atoms with Crippen molar-refractivity contribution in [3.8, 4) is 0 Å². The van der Waals surface area contributed by atoms with Gasteiger partial charge in [-0.3, -0.25) is 0 Å². The standard InChI is InChI=1S/C12H15BrFNO2/c1-2-3-10(8-16)17-15-7-9-4-5-11(13)12(14)6-9/h4-7,10,16H,2-3,8H2,1H3/b15-7+. The molecule has 1 aromatic rings. The number of halogens is 2. The van der Waals surface area contributed by atoms with Crippen LogP contribution in [0.15, 0.2) is 27.8 Å². The molecular formula is C12H15BrFNO2. The third kappa shape index (κ3) is 4.83. The minimum atomic E-state index is -0.346. The number of nitrogens with zero attached hydrogens (tertiary/aromatic N) is 1. The van der Waals surface area contributed by atoms with Gasteiger partial charge < -0.3 is 9.94 Å². The molecule has 94 valence electrons. The fourth-order valence-corrected chi connectivity index (χ4v) is 1.52. The molecule has 0 saturated carbocycles. The highest BCUT2D eigenvalue weighted by Crippen LogP contribution is 2.15. The van der Waals surface area contributed by atoms with E-state index in [1.54, 1.807) is 12.1 Å². The zero-order valence-electron chi connectivity index (χ0n) is 9.57. The predicted octanol–water partition coefficient (Wildman–Crippen LogP) is 3.10. The van der Waals surface area contributed by atoms with Crippen LogP contribution in [0.2, 0.25) is 0 Å². The lowest BCUT2D eigenvalue weighted by Crippen LogP contribution is -2.14. The van der Waals surface area contributed by atoms with E-state index in [4.69, 9.17) is 9.94 Å². The first-order chi connectivity index (χ1) is 8.17. The predicted molar refractivity (Wildman–Crippen MR) is 68.6 cm³/mol. The van der Waals surface area contributed by atoms with Crippen molar-refractivity contribution in [1.82, 2.24) is 0 Å². The van der Waals surface area contributed by atoms with Gasteiger partial charge in [-0.1, -0.05) is 24.6 Å². The van der Waals surface area contributed by atoms with Crippen LogP contribution in [0.1, 0.15) is 25.3 Å². The van der Waals surface area contributed by atoms with Crippen molar-refractivity contribution in [2.24, 2.45) is 5.16 Å². The first-order valence-corrected chi connectivity index (χ1v) is 6.21. The molecule has 5 heteroatoms. The van der Waals surface area contributed by atoms with Crippen LogP contribution >= 0.6 is 15.9 Å². The van der Waals surface area contributed by atoms with Crippen molar-refractivity contribution < 1.29 is 14.3 Å². The Morgan fingerprint density at radius 2 is 2.35 bits per heavy atom. The highest BCUT2D eigenvalue weighted by molar-refractivity contribution is 9.10. The van der Waals surface area contributed by atoms with E-state index in [0.29, 0.717) is 10.0 Å². The molecule has 1 aromatic carbocycles. The Morgan fingerprint density at radius 1 is 1.59 bits per heavy atom. The van der Waals surface area contributed by atoms with Crippen molar-refractivity contribution in [1.29, 1.82) is 0 Å². The molecule has 0 amide bonds. The van der Waals surface area contributed by atoms with Gasteiger partial charge in [-0.2, -0.15) is 0 Å². The van der Waals surface area contributed by atoms with E-state index < -0.39 is 0 Å². The average molecular weight is 304 g/mol. The molecule has 0 aliphatic heterocycles. The fraction of sp³-hybridized carbons (Fsp3) is 0.417. The summed E-state index contributed by atoms with van der Waals surface area (Å²) >= 11 is 3.07. The van der Waals surface area contributed by atoms with Gasteiger partial charge in [-0.25, -0.2) is 4.39 Å². The van der Waals surface area contributed by atoms with Gasteiger partial charge in [0, 0.05) is 0 Å². The number of rotatable bonds is 6. The average Bonchev–Trinajstić information content (AvgIpc) is 2.32. The normalized spacial score (nSPS) is 12.9. The second kappa shape index (κ2) is 7.40. The molecule has 0 radical (unpaired) electrons. The van der Waals surface area contributed by atoms with Gasteiger partial charge in [0.05, 0.1) is 17.3 Å². The Balaban J connectivity index is 2.55. The smallest absolute Gasteiger partial charge is 0.150 e. The minimum absolute atomic E-state index is 0.0696. The molecule has 1 unspecified atom stereocenters. The van der Waals surface area contributed by atoms with E-state index in [-0.39, 0.29) is 18.5 Å². The zero-order valence-corrected chi connectivity index (χ0v) is 11.2. The Hall–Kier alpha value is -0.940. The van der Waals surface area contributed by atoms with Crippen molar-refractivity contribution in [3.05, 3.63) is 34.1 Å². The molecule has 1 rings (SSSR count). The van der Waals surface area contributed by atoms with E-state index in [0.717, 1.165) is 12.8 Å². The number of aliphatic hydroxyl groups is 1. The maximum Gasteiger partial charge on any atom is 0.150 e. The summed E-state index contributed by atoms with van der Waals surface area (Å²) in [7, 11) is 0. The summed E-state index contributed by atoms with van der Waals surface area (Å²) in [5, 5.41) is 12.7. The van der Waals surface area contributed by atoms with Crippen LogP contribution in [0, 0.1) is 5.82 Å². The monoisotopic (exact) mass is 303 g/mol. The van der Waals surface area contributed by atoms with E-state index >= 15 is 0 Å². The summed E-state index contributed by atoms with van der Waals surface area (Å²) in [6.07, 6.45) is 2.78. The van der Waals surface area contributed by atoms with E-state index in [1.807, 2.05) is 6.92 Å². The van der Waals surface area contributed by atoms with Gasteiger partial charge in [-0.15, -0.1) is 0 Å². The summed E-state index contributed by atoms with van der Waals surface area (Å²) in [6.45, 7) is 1.93. The van der Waals surface area contributed by atoms with Crippen LogP contribution in [-0.2, 0) is 4.84 Å². The van der Waals surface area contributed by atoms with Gasteiger partial charge in [0.15, 0.2) is 0 Å². The van der Waals surface area contributed by atoms with Crippen molar-refractivity contribution in [3.63, 3.8) is 0 Å². The number of hydrogen-bond acceptors (Lipinski definition) is 3. The van der Waals surface area contributed by atoms with E-state index in [9.17, 15) is 4.39 Å². The highest BCUT2D eigenvalue weighted by atomic mass is 79.9. The van der Waals surface area contributed by atoms with Gasteiger partial charge in [-0.05, 0) is 40.0 Å². The highest BCUT2D eigenvalue weighted by Gasteiger charge is 2.05. The van der Waals surface area contributed by atoms with Crippen LogP contribution in [0.5, 0.6) is 0 Å². The molecule has 0 saturated heterocycles. The molecule has 0 bridgehead atoms. The summed E-state index contributed by atoms with van der Waals surface area (Å²) < 4.78 is 13.6. The quantitative estimate of drug-likeness (QED) is 0.648. The Labute approximate surface area is 108 Å². The van der Waals surface area contributed by atoms with E-state index in [1.165, 1.54) is 12.3 Å². The molecule has 1 atom stereocenters. The molecule has 0 fully saturated rings. The molecule has 0 aliphatic carbocycles. The van der Waals surface area contributed by atoms with Gasteiger partial charge in [0.25, 0.3) is 0 Å². The summed E-state index contributed by atoms with van der Waals surface area (Å²) in [4.78, 5) is 5.09. The Kier molecular flexibility index (Phi) is 6.15. The summed E-state index contributed by atoms with van der Waals surface area (Å²) in [6, 6.07) is 4.67. The van der Waals surface area contributed by atoms with Crippen molar-refractivity contribution in [2.75, 3.05) is 6.61 Å². The first-order valence-electron chi connectivity index (χ1n) is 5.42. The molecule has 0 aliphatic rings. The number of aliphatic hydroxyl groups excluding tert-OH is 1. The second-order valence-electron chi connectivity index (χ2n) is 3.61. The fourth-order valence-electron chi connectivity index (χ4n) is 1.27. The molecule has 0 heterocycles. The van der Waals surface area contributed by atoms with Gasteiger partial charge in [0.1, 0.15) is 11.9 Å². The Morgan fingerprint density at radius 3 is 2.94 bits per heavy atom. The third-order valence-electron chi connectivity index (χ3n) is 2.17. The molecule has 17 heavy (non-hydrogen) atoms. The van der Waals surface area contributed by atoms with E-state index in [2.05, 4.69) is 21.1 Å². The summed E-state index contributed by atoms with van der Waals surface area (Å²) in [5.74, 6) is -0.346. The van der Waals surface area contributed by atoms with Crippen LogP contribution in [0.25, 0.3) is 0 Å². The van der Waals surface area contributed by atoms with Gasteiger partial charge >= 0.3 is 0 Å².